The maximum atomic E-state index is 13.6. The van der Waals surface area contributed by atoms with E-state index in [1.807, 2.05) is 0 Å². The van der Waals surface area contributed by atoms with Gasteiger partial charge in [-0.05, 0) is 30.7 Å². The standard InChI is InChI=1S/C13H12F2O3/c1-3-8(2)18-13-10(14)6-9(7-11(13)15)4-5-12(16)17/h3-8H,1H2,2H3,(H,16,17). The molecule has 0 heterocycles. The first kappa shape index (κ1) is 13.9. The van der Waals surface area contributed by atoms with E-state index >= 15 is 0 Å². The van der Waals surface area contributed by atoms with Crippen molar-refractivity contribution < 1.29 is 23.4 Å². The Kier molecular flexibility index (Phi) is 4.59. The molecular weight excluding hydrogens is 242 g/mol. The molecule has 0 fully saturated rings. The van der Waals surface area contributed by atoms with E-state index in [1.54, 1.807) is 6.92 Å². The maximum Gasteiger partial charge on any atom is 0.328 e. The lowest BCUT2D eigenvalue weighted by Gasteiger charge is -2.12. The van der Waals surface area contributed by atoms with Gasteiger partial charge in [-0.3, -0.25) is 0 Å². The molecule has 0 aliphatic rings. The zero-order valence-electron chi connectivity index (χ0n) is 9.69. The van der Waals surface area contributed by atoms with Crippen LogP contribution in [0.3, 0.4) is 0 Å². The Morgan fingerprint density at radius 1 is 1.44 bits per heavy atom. The summed E-state index contributed by atoms with van der Waals surface area (Å²) in [7, 11) is 0. The highest BCUT2D eigenvalue weighted by Crippen LogP contribution is 2.25. The first-order valence-corrected chi connectivity index (χ1v) is 5.13. The van der Waals surface area contributed by atoms with Crippen LogP contribution in [0.15, 0.2) is 30.9 Å². The molecule has 0 spiro atoms. The van der Waals surface area contributed by atoms with Crippen molar-refractivity contribution in [3.05, 3.63) is 48.1 Å². The number of ether oxygens (including phenoxy) is 1. The highest BCUT2D eigenvalue weighted by Gasteiger charge is 2.13. The smallest absolute Gasteiger partial charge is 0.328 e. The van der Waals surface area contributed by atoms with Gasteiger partial charge in [0.15, 0.2) is 17.4 Å². The van der Waals surface area contributed by atoms with Crippen LogP contribution < -0.4 is 4.74 Å². The van der Waals surface area contributed by atoms with Gasteiger partial charge in [-0.2, -0.15) is 0 Å². The summed E-state index contributed by atoms with van der Waals surface area (Å²) >= 11 is 0. The summed E-state index contributed by atoms with van der Waals surface area (Å²) in [5.74, 6) is -3.49. The molecule has 3 nitrogen and oxygen atoms in total. The second-order valence-corrected chi connectivity index (χ2v) is 3.54. The van der Waals surface area contributed by atoms with Crippen LogP contribution in [0.1, 0.15) is 12.5 Å². The first-order valence-electron chi connectivity index (χ1n) is 5.13. The summed E-state index contributed by atoms with van der Waals surface area (Å²) in [4.78, 5) is 10.3. The third-order valence-electron chi connectivity index (χ3n) is 2.07. The predicted octanol–water partition coefficient (Wildman–Crippen LogP) is 3.02. The van der Waals surface area contributed by atoms with Crippen LogP contribution >= 0.6 is 0 Å². The third-order valence-corrected chi connectivity index (χ3v) is 2.07. The van der Waals surface area contributed by atoms with E-state index in [4.69, 9.17) is 9.84 Å². The summed E-state index contributed by atoms with van der Waals surface area (Å²) < 4.78 is 32.1. The van der Waals surface area contributed by atoms with Gasteiger partial charge in [-0.25, -0.2) is 13.6 Å². The van der Waals surface area contributed by atoms with E-state index in [-0.39, 0.29) is 5.56 Å². The molecule has 0 aliphatic heterocycles. The normalized spacial score (nSPS) is 12.4. The molecule has 0 saturated carbocycles. The zero-order valence-corrected chi connectivity index (χ0v) is 9.69. The molecule has 1 atom stereocenters. The van der Waals surface area contributed by atoms with Crippen LogP contribution in [0.5, 0.6) is 5.75 Å². The molecule has 0 aliphatic carbocycles. The lowest BCUT2D eigenvalue weighted by molar-refractivity contribution is -0.131. The average Bonchev–Trinajstić information content (AvgIpc) is 2.30. The van der Waals surface area contributed by atoms with Crippen LogP contribution in [0.25, 0.3) is 6.08 Å². The van der Waals surface area contributed by atoms with Crippen molar-refractivity contribution in [1.82, 2.24) is 0 Å². The lowest BCUT2D eigenvalue weighted by Crippen LogP contribution is -2.10. The van der Waals surface area contributed by atoms with Gasteiger partial charge in [0.05, 0.1) is 0 Å². The first-order chi connectivity index (χ1) is 8.43. The van der Waals surface area contributed by atoms with E-state index in [0.29, 0.717) is 0 Å². The molecule has 1 unspecified atom stereocenters. The second kappa shape index (κ2) is 5.95. The molecule has 5 heteroatoms. The number of hydrogen-bond donors (Lipinski definition) is 1. The Balaban J connectivity index is 3.04. The number of hydrogen-bond acceptors (Lipinski definition) is 2. The molecule has 1 aromatic carbocycles. The van der Waals surface area contributed by atoms with Crippen molar-refractivity contribution in [3.63, 3.8) is 0 Å². The molecule has 18 heavy (non-hydrogen) atoms. The zero-order chi connectivity index (χ0) is 13.7. The monoisotopic (exact) mass is 254 g/mol. The van der Waals surface area contributed by atoms with Crippen LogP contribution in [0.4, 0.5) is 8.78 Å². The summed E-state index contributed by atoms with van der Waals surface area (Å²) in [6, 6.07) is 1.99. The van der Waals surface area contributed by atoms with Crippen LogP contribution in [-0.2, 0) is 4.79 Å². The van der Waals surface area contributed by atoms with E-state index in [1.165, 1.54) is 6.08 Å². The maximum absolute atomic E-state index is 13.6. The van der Waals surface area contributed by atoms with E-state index in [0.717, 1.165) is 24.3 Å². The van der Waals surface area contributed by atoms with Crippen molar-refractivity contribution >= 4 is 12.0 Å². The lowest BCUT2D eigenvalue weighted by atomic mass is 10.2. The van der Waals surface area contributed by atoms with Crippen LogP contribution in [0, 0.1) is 11.6 Å². The molecule has 96 valence electrons. The Morgan fingerprint density at radius 3 is 2.44 bits per heavy atom. The Hall–Kier alpha value is -2.17. The molecule has 0 bridgehead atoms. The number of aliphatic carboxylic acids is 1. The number of rotatable bonds is 5. The molecule has 0 amide bonds. The van der Waals surface area contributed by atoms with Crippen LogP contribution in [-0.4, -0.2) is 17.2 Å². The van der Waals surface area contributed by atoms with Gasteiger partial charge in [0, 0.05) is 6.08 Å². The number of benzene rings is 1. The van der Waals surface area contributed by atoms with Crippen molar-refractivity contribution in [2.75, 3.05) is 0 Å². The Labute approximate surface area is 103 Å². The fraction of sp³-hybridized carbons (Fsp3) is 0.154. The summed E-state index contributed by atoms with van der Waals surface area (Å²) in [6.45, 7) is 5.02. The topological polar surface area (TPSA) is 46.5 Å². The Morgan fingerprint density at radius 2 is 2.00 bits per heavy atom. The molecule has 0 radical (unpaired) electrons. The molecule has 0 saturated heterocycles. The number of carboxylic acids is 1. The van der Waals surface area contributed by atoms with Gasteiger partial charge >= 0.3 is 5.97 Å². The van der Waals surface area contributed by atoms with E-state index in [2.05, 4.69) is 6.58 Å². The highest BCUT2D eigenvalue weighted by molar-refractivity contribution is 5.85. The fourth-order valence-corrected chi connectivity index (χ4v) is 1.19. The third kappa shape index (κ3) is 3.69. The SMILES string of the molecule is C=CC(C)Oc1c(F)cc(C=CC(=O)O)cc1F. The van der Waals surface area contributed by atoms with E-state index in [9.17, 15) is 13.6 Å². The second-order valence-electron chi connectivity index (χ2n) is 3.54. The largest absolute Gasteiger partial charge is 0.481 e. The quantitative estimate of drug-likeness (QED) is 0.649. The highest BCUT2D eigenvalue weighted by atomic mass is 19.1. The molecule has 1 rings (SSSR count). The molecule has 0 aromatic heterocycles. The van der Waals surface area contributed by atoms with Gasteiger partial charge in [0.25, 0.3) is 0 Å². The van der Waals surface area contributed by atoms with E-state index < -0.39 is 29.5 Å². The molecule has 1 N–H and O–H groups in total. The van der Waals surface area contributed by atoms with Gasteiger partial charge < -0.3 is 9.84 Å². The van der Waals surface area contributed by atoms with Gasteiger partial charge in [-0.15, -0.1) is 0 Å². The fourth-order valence-electron chi connectivity index (χ4n) is 1.19. The minimum Gasteiger partial charge on any atom is -0.481 e. The average molecular weight is 254 g/mol. The van der Waals surface area contributed by atoms with Crippen molar-refractivity contribution in [1.29, 1.82) is 0 Å². The molecule has 1 aromatic rings. The van der Waals surface area contributed by atoms with Gasteiger partial charge in [-0.1, -0.05) is 12.7 Å². The van der Waals surface area contributed by atoms with Crippen molar-refractivity contribution in [2.45, 2.75) is 13.0 Å². The number of halogens is 2. The van der Waals surface area contributed by atoms with Crippen molar-refractivity contribution in [3.8, 4) is 5.75 Å². The molecular formula is C13H12F2O3. The Bertz CT molecular complexity index is 472. The summed E-state index contributed by atoms with van der Waals surface area (Å²) in [5.41, 5.74) is 0.103. The summed E-state index contributed by atoms with van der Waals surface area (Å²) in [5, 5.41) is 8.41. The summed E-state index contributed by atoms with van der Waals surface area (Å²) in [6.07, 6.45) is 2.75. The number of carboxylic acid groups (broad SMARTS) is 1. The predicted molar refractivity (Wildman–Crippen MR) is 63.3 cm³/mol. The number of carbonyl (C=O) groups is 1. The van der Waals surface area contributed by atoms with Crippen LogP contribution in [0.2, 0.25) is 0 Å². The van der Waals surface area contributed by atoms with Crippen molar-refractivity contribution in [2.24, 2.45) is 0 Å². The minimum absolute atomic E-state index is 0.103. The minimum atomic E-state index is -1.20. The van der Waals surface area contributed by atoms with Gasteiger partial charge in [0.2, 0.25) is 0 Å². The van der Waals surface area contributed by atoms with Gasteiger partial charge in [0.1, 0.15) is 6.10 Å².